The van der Waals surface area contributed by atoms with Gasteiger partial charge in [0.1, 0.15) is 5.75 Å². The van der Waals surface area contributed by atoms with Gasteiger partial charge in [-0.05, 0) is 38.0 Å². The molecule has 5 nitrogen and oxygen atoms in total. The molecule has 0 bridgehead atoms. The maximum Gasteiger partial charge on any atom is 0.227 e. The standard InChI is InChI=1S/C18H24N2O3/c1-3-22-14-8-9-20(12-14)17(21)10-13-11-19-15-6-5-7-16(18(13)15)23-4-2/h5-7,11,14,19H,3-4,8-10,12H2,1-2H3/t14-/m0/s1. The number of benzene rings is 1. The Morgan fingerprint density at radius 1 is 1.35 bits per heavy atom. The predicted octanol–water partition coefficient (Wildman–Crippen LogP) is 2.75. The molecular formula is C18H24N2O3. The minimum Gasteiger partial charge on any atom is -0.493 e. The van der Waals surface area contributed by atoms with Crippen LogP contribution >= 0.6 is 0 Å². The van der Waals surface area contributed by atoms with Gasteiger partial charge in [-0.25, -0.2) is 0 Å². The SMILES string of the molecule is CCOc1cccc2[nH]cc(CC(=O)N3CC[C@H](OCC)C3)c12. The van der Waals surface area contributed by atoms with E-state index in [4.69, 9.17) is 9.47 Å². The van der Waals surface area contributed by atoms with Crippen LogP contribution < -0.4 is 4.74 Å². The van der Waals surface area contributed by atoms with Gasteiger partial charge in [0.25, 0.3) is 0 Å². The maximum absolute atomic E-state index is 12.6. The topological polar surface area (TPSA) is 54.6 Å². The van der Waals surface area contributed by atoms with Crippen LogP contribution in [0, 0.1) is 0 Å². The van der Waals surface area contributed by atoms with Gasteiger partial charge in [0.05, 0.1) is 19.1 Å². The highest BCUT2D eigenvalue weighted by atomic mass is 16.5. The number of ether oxygens (including phenoxy) is 2. The summed E-state index contributed by atoms with van der Waals surface area (Å²) in [6, 6.07) is 5.92. The first-order valence-corrected chi connectivity index (χ1v) is 8.34. The van der Waals surface area contributed by atoms with Gasteiger partial charge < -0.3 is 19.4 Å². The predicted molar refractivity (Wildman–Crippen MR) is 89.8 cm³/mol. The van der Waals surface area contributed by atoms with E-state index >= 15 is 0 Å². The van der Waals surface area contributed by atoms with Gasteiger partial charge in [0.15, 0.2) is 0 Å². The number of nitrogens with zero attached hydrogens (tertiary/aromatic N) is 1. The number of hydrogen-bond acceptors (Lipinski definition) is 3. The van der Waals surface area contributed by atoms with Crippen LogP contribution in [0.15, 0.2) is 24.4 Å². The summed E-state index contributed by atoms with van der Waals surface area (Å²) in [7, 11) is 0. The van der Waals surface area contributed by atoms with E-state index in [0.29, 0.717) is 26.2 Å². The van der Waals surface area contributed by atoms with Gasteiger partial charge in [-0.1, -0.05) is 6.07 Å². The van der Waals surface area contributed by atoms with Crippen LogP contribution in [0.3, 0.4) is 0 Å². The largest absolute Gasteiger partial charge is 0.493 e. The first-order chi connectivity index (χ1) is 11.2. The van der Waals surface area contributed by atoms with Crippen molar-refractivity contribution in [2.75, 3.05) is 26.3 Å². The summed E-state index contributed by atoms with van der Waals surface area (Å²) in [6.45, 7) is 6.75. The second kappa shape index (κ2) is 7.04. The van der Waals surface area contributed by atoms with E-state index in [-0.39, 0.29) is 12.0 Å². The fourth-order valence-corrected chi connectivity index (χ4v) is 3.24. The molecule has 1 aliphatic rings. The second-order valence-electron chi connectivity index (χ2n) is 5.81. The van der Waals surface area contributed by atoms with Gasteiger partial charge in [-0.15, -0.1) is 0 Å². The monoisotopic (exact) mass is 316 g/mol. The molecule has 1 amide bonds. The lowest BCUT2D eigenvalue weighted by molar-refractivity contribution is -0.129. The van der Waals surface area contributed by atoms with Gasteiger partial charge in [-0.2, -0.15) is 0 Å². The number of H-pyrrole nitrogens is 1. The van der Waals surface area contributed by atoms with E-state index in [9.17, 15) is 4.79 Å². The zero-order chi connectivity index (χ0) is 16.2. The molecule has 124 valence electrons. The Hall–Kier alpha value is -2.01. The highest BCUT2D eigenvalue weighted by Gasteiger charge is 2.27. The number of fused-ring (bicyclic) bond motifs is 1. The van der Waals surface area contributed by atoms with Crippen molar-refractivity contribution in [1.82, 2.24) is 9.88 Å². The molecule has 2 heterocycles. The Balaban J connectivity index is 1.75. The number of carbonyl (C=O) groups excluding carboxylic acids is 1. The molecule has 0 aliphatic carbocycles. The number of likely N-dealkylation sites (tertiary alicyclic amines) is 1. The van der Waals surface area contributed by atoms with Crippen molar-refractivity contribution < 1.29 is 14.3 Å². The number of carbonyl (C=O) groups is 1. The van der Waals surface area contributed by atoms with Crippen molar-refractivity contribution in [2.45, 2.75) is 32.8 Å². The number of hydrogen-bond donors (Lipinski definition) is 1. The van der Waals surface area contributed by atoms with Crippen molar-refractivity contribution in [3.05, 3.63) is 30.0 Å². The number of nitrogens with one attached hydrogen (secondary N) is 1. The molecule has 2 aromatic rings. The Morgan fingerprint density at radius 2 is 2.22 bits per heavy atom. The minimum atomic E-state index is 0.152. The van der Waals surface area contributed by atoms with E-state index in [1.807, 2.05) is 43.1 Å². The molecule has 3 rings (SSSR count). The lowest BCUT2D eigenvalue weighted by atomic mass is 10.1. The van der Waals surface area contributed by atoms with E-state index in [1.165, 1.54) is 0 Å². The number of rotatable bonds is 6. The zero-order valence-electron chi connectivity index (χ0n) is 13.8. The minimum absolute atomic E-state index is 0.152. The average molecular weight is 316 g/mol. The maximum atomic E-state index is 12.6. The third-order valence-electron chi connectivity index (χ3n) is 4.29. The molecule has 1 aliphatic heterocycles. The zero-order valence-corrected chi connectivity index (χ0v) is 13.8. The Labute approximate surface area is 136 Å². The molecule has 1 aromatic heterocycles. The molecule has 1 saturated heterocycles. The van der Waals surface area contributed by atoms with Crippen LogP contribution in [0.5, 0.6) is 5.75 Å². The molecule has 1 aromatic carbocycles. The first-order valence-electron chi connectivity index (χ1n) is 8.34. The molecule has 23 heavy (non-hydrogen) atoms. The van der Waals surface area contributed by atoms with Crippen molar-refractivity contribution >= 4 is 16.8 Å². The average Bonchev–Trinajstić information content (AvgIpc) is 3.16. The summed E-state index contributed by atoms with van der Waals surface area (Å²) in [5, 5.41) is 1.02. The Morgan fingerprint density at radius 3 is 3.00 bits per heavy atom. The van der Waals surface area contributed by atoms with E-state index in [2.05, 4.69) is 4.98 Å². The quantitative estimate of drug-likeness (QED) is 0.891. The van der Waals surface area contributed by atoms with Crippen LogP contribution in [0.2, 0.25) is 0 Å². The van der Waals surface area contributed by atoms with E-state index < -0.39 is 0 Å². The molecule has 0 radical (unpaired) electrons. The first kappa shape index (κ1) is 15.9. The highest BCUT2D eigenvalue weighted by Crippen LogP contribution is 2.29. The van der Waals surface area contributed by atoms with Gasteiger partial charge in [-0.3, -0.25) is 4.79 Å². The number of amides is 1. The highest BCUT2D eigenvalue weighted by molar-refractivity contribution is 5.93. The molecule has 1 N–H and O–H groups in total. The van der Waals surface area contributed by atoms with Crippen LogP contribution in [0.4, 0.5) is 0 Å². The smallest absolute Gasteiger partial charge is 0.227 e. The Kier molecular flexibility index (Phi) is 4.86. The molecule has 0 saturated carbocycles. The molecule has 1 atom stereocenters. The summed E-state index contributed by atoms with van der Waals surface area (Å²) in [5.74, 6) is 0.988. The van der Waals surface area contributed by atoms with Crippen LogP contribution in [-0.4, -0.2) is 48.2 Å². The lowest BCUT2D eigenvalue weighted by Crippen LogP contribution is -2.31. The van der Waals surface area contributed by atoms with Gasteiger partial charge in [0.2, 0.25) is 5.91 Å². The van der Waals surface area contributed by atoms with Crippen LogP contribution in [-0.2, 0) is 16.0 Å². The number of aromatic nitrogens is 1. The third-order valence-corrected chi connectivity index (χ3v) is 4.29. The fraction of sp³-hybridized carbons (Fsp3) is 0.500. The lowest BCUT2D eigenvalue weighted by Gasteiger charge is -2.16. The molecule has 0 spiro atoms. The van der Waals surface area contributed by atoms with Crippen LogP contribution in [0.25, 0.3) is 10.9 Å². The third kappa shape index (κ3) is 3.34. The van der Waals surface area contributed by atoms with Crippen molar-refractivity contribution in [3.8, 4) is 5.75 Å². The van der Waals surface area contributed by atoms with Crippen molar-refractivity contribution in [2.24, 2.45) is 0 Å². The van der Waals surface area contributed by atoms with Crippen molar-refractivity contribution in [1.29, 1.82) is 0 Å². The summed E-state index contributed by atoms with van der Waals surface area (Å²) >= 11 is 0. The van der Waals surface area contributed by atoms with Gasteiger partial charge >= 0.3 is 0 Å². The molecule has 5 heteroatoms. The van der Waals surface area contributed by atoms with Gasteiger partial charge in [0, 0.05) is 36.8 Å². The summed E-state index contributed by atoms with van der Waals surface area (Å²) < 4.78 is 11.3. The number of aromatic amines is 1. The van der Waals surface area contributed by atoms with E-state index in [1.54, 1.807) is 0 Å². The molecule has 0 unspecified atom stereocenters. The fourth-order valence-electron chi connectivity index (χ4n) is 3.24. The Bertz CT molecular complexity index is 680. The summed E-state index contributed by atoms with van der Waals surface area (Å²) in [4.78, 5) is 17.7. The summed E-state index contributed by atoms with van der Waals surface area (Å²) in [5.41, 5.74) is 2.00. The van der Waals surface area contributed by atoms with Crippen molar-refractivity contribution in [3.63, 3.8) is 0 Å². The molecule has 1 fully saturated rings. The van der Waals surface area contributed by atoms with E-state index in [0.717, 1.165) is 35.2 Å². The van der Waals surface area contributed by atoms with Crippen LogP contribution in [0.1, 0.15) is 25.8 Å². The normalized spacial score (nSPS) is 17.8. The summed E-state index contributed by atoms with van der Waals surface area (Å²) in [6.07, 6.45) is 3.42. The second-order valence-corrected chi connectivity index (χ2v) is 5.81. The molecular weight excluding hydrogens is 292 g/mol.